The molecule has 0 saturated heterocycles. The maximum atomic E-state index is 10.9. The summed E-state index contributed by atoms with van der Waals surface area (Å²) in [5.74, 6) is -0.857. The molecule has 0 aliphatic rings. The van der Waals surface area contributed by atoms with Gasteiger partial charge in [-0.3, -0.25) is 0 Å². The van der Waals surface area contributed by atoms with Crippen molar-refractivity contribution in [2.45, 2.75) is 122 Å². The Kier molecular flexibility index (Phi) is 16.8. The first-order chi connectivity index (χ1) is 15.1. The third kappa shape index (κ3) is 14.8. The number of ether oxygens (including phenoxy) is 1. The highest BCUT2D eigenvalue weighted by Crippen LogP contribution is 2.24. The van der Waals surface area contributed by atoms with Gasteiger partial charge in [-0.25, -0.2) is 4.79 Å². The molecule has 1 rings (SSSR count). The molecule has 1 aromatic carbocycles. The minimum absolute atomic E-state index is 0.0967. The van der Waals surface area contributed by atoms with Gasteiger partial charge in [-0.15, -0.1) is 0 Å². The van der Waals surface area contributed by atoms with Crippen LogP contribution in [0.4, 0.5) is 0 Å². The van der Waals surface area contributed by atoms with E-state index in [0.29, 0.717) is 12.4 Å². The SMILES string of the molecule is CCCCCCCCCCCCCCCCCCCCOc1ccc(C(=O)O)c(O)c1. The summed E-state index contributed by atoms with van der Waals surface area (Å²) in [4.78, 5) is 10.9. The average molecular weight is 435 g/mol. The lowest BCUT2D eigenvalue weighted by Gasteiger charge is -2.08. The van der Waals surface area contributed by atoms with Crippen molar-refractivity contribution in [1.29, 1.82) is 0 Å². The smallest absolute Gasteiger partial charge is 0.339 e. The molecule has 0 bridgehead atoms. The number of phenols is 1. The Balaban J connectivity index is 1.81. The van der Waals surface area contributed by atoms with Crippen LogP contribution in [-0.4, -0.2) is 22.8 Å². The first kappa shape index (κ1) is 27.3. The third-order valence-electron chi connectivity index (χ3n) is 5.97. The molecule has 0 heterocycles. The van der Waals surface area contributed by atoms with Crippen LogP contribution in [0.2, 0.25) is 0 Å². The molecular weight excluding hydrogens is 388 g/mol. The molecule has 2 N–H and O–H groups in total. The quantitative estimate of drug-likeness (QED) is 0.190. The summed E-state index contributed by atoms with van der Waals surface area (Å²) in [6.45, 7) is 2.88. The number of unbranched alkanes of at least 4 members (excludes halogenated alkanes) is 17. The first-order valence-corrected chi connectivity index (χ1v) is 12.8. The highest BCUT2D eigenvalue weighted by Gasteiger charge is 2.09. The molecule has 0 radical (unpaired) electrons. The van der Waals surface area contributed by atoms with Crippen molar-refractivity contribution in [2.24, 2.45) is 0 Å². The van der Waals surface area contributed by atoms with E-state index in [0.717, 1.165) is 12.8 Å². The lowest BCUT2D eigenvalue weighted by atomic mass is 10.0. The van der Waals surface area contributed by atoms with Gasteiger partial charge in [0.15, 0.2) is 0 Å². The predicted molar refractivity (Wildman–Crippen MR) is 129 cm³/mol. The Labute approximate surface area is 190 Å². The number of benzene rings is 1. The Morgan fingerprint density at radius 1 is 0.710 bits per heavy atom. The van der Waals surface area contributed by atoms with E-state index < -0.39 is 5.97 Å². The molecule has 4 heteroatoms. The van der Waals surface area contributed by atoms with Gasteiger partial charge < -0.3 is 14.9 Å². The summed E-state index contributed by atoms with van der Waals surface area (Å²) in [5, 5.41) is 18.6. The number of hydrogen-bond donors (Lipinski definition) is 2. The zero-order valence-electron chi connectivity index (χ0n) is 19.9. The molecule has 31 heavy (non-hydrogen) atoms. The van der Waals surface area contributed by atoms with E-state index in [4.69, 9.17) is 9.84 Å². The molecule has 0 saturated carbocycles. The maximum absolute atomic E-state index is 10.9. The van der Waals surface area contributed by atoms with Crippen LogP contribution in [0.3, 0.4) is 0 Å². The van der Waals surface area contributed by atoms with Gasteiger partial charge in [0, 0.05) is 6.07 Å². The first-order valence-electron chi connectivity index (χ1n) is 12.8. The molecule has 0 aliphatic carbocycles. The van der Waals surface area contributed by atoms with Gasteiger partial charge in [-0.1, -0.05) is 116 Å². The molecule has 4 nitrogen and oxygen atoms in total. The van der Waals surface area contributed by atoms with E-state index >= 15 is 0 Å². The van der Waals surface area contributed by atoms with Gasteiger partial charge >= 0.3 is 5.97 Å². The Hall–Kier alpha value is -1.71. The topological polar surface area (TPSA) is 66.8 Å². The number of carbonyl (C=O) groups is 1. The molecule has 0 atom stereocenters. The molecule has 178 valence electrons. The monoisotopic (exact) mass is 434 g/mol. The van der Waals surface area contributed by atoms with Crippen LogP contribution < -0.4 is 4.74 Å². The van der Waals surface area contributed by atoms with Gasteiger partial charge in [-0.05, 0) is 18.6 Å². The fourth-order valence-corrected chi connectivity index (χ4v) is 3.98. The normalized spacial score (nSPS) is 11.0. The van der Waals surface area contributed by atoms with Crippen molar-refractivity contribution >= 4 is 5.97 Å². The Morgan fingerprint density at radius 3 is 1.52 bits per heavy atom. The fraction of sp³-hybridized carbons (Fsp3) is 0.741. The second kappa shape index (κ2) is 19.0. The number of aromatic hydroxyl groups is 1. The molecule has 0 fully saturated rings. The van der Waals surface area contributed by atoms with Crippen LogP contribution in [0.15, 0.2) is 18.2 Å². The summed E-state index contributed by atoms with van der Waals surface area (Å²) >= 11 is 0. The summed E-state index contributed by atoms with van der Waals surface area (Å²) in [7, 11) is 0. The number of aromatic carboxylic acids is 1. The minimum atomic E-state index is -1.13. The van der Waals surface area contributed by atoms with Crippen molar-refractivity contribution < 1.29 is 19.7 Å². The Morgan fingerprint density at radius 2 is 1.13 bits per heavy atom. The van der Waals surface area contributed by atoms with E-state index in [-0.39, 0.29) is 11.3 Å². The molecular formula is C27H46O4. The molecule has 0 unspecified atom stereocenters. The van der Waals surface area contributed by atoms with Crippen molar-refractivity contribution in [2.75, 3.05) is 6.61 Å². The molecule has 0 aromatic heterocycles. The minimum Gasteiger partial charge on any atom is -0.507 e. The van der Waals surface area contributed by atoms with Gasteiger partial charge in [0.2, 0.25) is 0 Å². The van der Waals surface area contributed by atoms with E-state index in [9.17, 15) is 9.90 Å². The van der Waals surface area contributed by atoms with Gasteiger partial charge in [0.1, 0.15) is 17.1 Å². The molecule has 0 amide bonds. The number of rotatable bonds is 21. The average Bonchev–Trinajstić information content (AvgIpc) is 2.75. The largest absolute Gasteiger partial charge is 0.507 e. The highest BCUT2D eigenvalue weighted by molar-refractivity contribution is 5.90. The number of hydrogen-bond acceptors (Lipinski definition) is 3. The van der Waals surface area contributed by atoms with Crippen LogP contribution >= 0.6 is 0 Å². The summed E-state index contributed by atoms with van der Waals surface area (Å²) in [6.07, 6.45) is 24.4. The summed E-state index contributed by atoms with van der Waals surface area (Å²) in [6, 6.07) is 4.35. The van der Waals surface area contributed by atoms with Crippen LogP contribution in [0.1, 0.15) is 133 Å². The second-order valence-corrected chi connectivity index (χ2v) is 8.84. The summed E-state index contributed by atoms with van der Waals surface area (Å²) < 4.78 is 5.60. The highest BCUT2D eigenvalue weighted by atomic mass is 16.5. The van der Waals surface area contributed by atoms with E-state index in [1.165, 1.54) is 115 Å². The van der Waals surface area contributed by atoms with Crippen LogP contribution in [-0.2, 0) is 0 Å². The lowest BCUT2D eigenvalue weighted by Crippen LogP contribution is -2.00. The predicted octanol–water partition coefficient (Wildman–Crippen LogP) is 8.51. The number of carboxylic acids is 1. The standard InChI is InChI=1S/C27H46O4/c1-2-3-4-5-6-7-8-9-10-11-12-13-14-15-16-17-18-19-22-31-24-20-21-25(27(29)30)26(28)23-24/h20-21,23,28H,2-19,22H2,1H3,(H,29,30). The molecule has 0 aliphatic heterocycles. The second-order valence-electron chi connectivity index (χ2n) is 8.84. The third-order valence-corrected chi connectivity index (χ3v) is 5.97. The van der Waals surface area contributed by atoms with Gasteiger partial charge in [-0.2, -0.15) is 0 Å². The molecule has 0 spiro atoms. The van der Waals surface area contributed by atoms with E-state index in [1.54, 1.807) is 6.07 Å². The van der Waals surface area contributed by atoms with Crippen molar-refractivity contribution in [1.82, 2.24) is 0 Å². The van der Waals surface area contributed by atoms with Crippen molar-refractivity contribution in [3.63, 3.8) is 0 Å². The van der Waals surface area contributed by atoms with Crippen LogP contribution in [0.25, 0.3) is 0 Å². The van der Waals surface area contributed by atoms with Crippen LogP contribution in [0.5, 0.6) is 11.5 Å². The van der Waals surface area contributed by atoms with Crippen molar-refractivity contribution in [3.8, 4) is 11.5 Å². The lowest BCUT2D eigenvalue weighted by molar-refractivity contribution is 0.0693. The van der Waals surface area contributed by atoms with E-state index in [1.807, 2.05) is 0 Å². The Bertz CT molecular complexity index is 570. The fourth-order valence-electron chi connectivity index (χ4n) is 3.98. The zero-order valence-corrected chi connectivity index (χ0v) is 19.9. The van der Waals surface area contributed by atoms with Gasteiger partial charge in [0.25, 0.3) is 0 Å². The van der Waals surface area contributed by atoms with E-state index in [2.05, 4.69) is 6.92 Å². The maximum Gasteiger partial charge on any atom is 0.339 e. The molecule has 1 aromatic rings. The van der Waals surface area contributed by atoms with Crippen LogP contribution in [0, 0.1) is 0 Å². The number of carboxylic acid groups (broad SMARTS) is 1. The zero-order chi connectivity index (χ0) is 22.6. The van der Waals surface area contributed by atoms with Crippen molar-refractivity contribution in [3.05, 3.63) is 23.8 Å². The summed E-state index contributed by atoms with van der Waals surface area (Å²) in [5.41, 5.74) is -0.0967. The van der Waals surface area contributed by atoms with Gasteiger partial charge in [0.05, 0.1) is 6.61 Å².